The third-order valence-corrected chi connectivity index (χ3v) is 5.27. The molecule has 6 nitrogen and oxygen atoms in total. The lowest BCUT2D eigenvalue weighted by Gasteiger charge is -2.10. The van der Waals surface area contributed by atoms with Crippen LogP contribution in [0.2, 0.25) is 0 Å². The number of methoxy groups -OCH3 is 1. The van der Waals surface area contributed by atoms with E-state index >= 15 is 0 Å². The highest BCUT2D eigenvalue weighted by Gasteiger charge is 2.29. The third-order valence-electron chi connectivity index (χ3n) is 5.27. The van der Waals surface area contributed by atoms with Crippen molar-refractivity contribution in [2.24, 2.45) is 0 Å². The average Bonchev–Trinajstić information content (AvgIpc) is 2.87. The minimum Gasteiger partial charge on any atom is -0.496 e. The van der Waals surface area contributed by atoms with Crippen LogP contribution >= 0.6 is 0 Å². The van der Waals surface area contributed by atoms with Gasteiger partial charge in [-0.3, -0.25) is 0 Å². The molecule has 0 radical (unpaired) electrons. The minimum atomic E-state index is -4.41. The number of halogens is 3. The van der Waals surface area contributed by atoms with Gasteiger partial charge in [0.1, 0.15) is 11.3 Å². The third kappa shape index (κ3) is 5.69. The van der Waals surface area contributed by atoms with Gasteiger partial charge < -0.3 is 15.2 Å². The maximum atomic E-state index is 12.8. The SMILES string of the molecule is COc1ccc(/C=C/c2ccccc2-c2ccnc(Nc3ccc(C(F)(F)F)cc3)n2)cc1C(=O)O. The number of anilines is 2. The molecule has 3 aromatic carbocycles. The van der Waals surface area contributed by atoms with E-state index < -0.39 is 17.7 Å². The molecule has 182 valence electrons. The molecule has 0 aliphatic rings. The van der Waals surface area contributed by atoms with Crippen molar-refractivity contribution in [1.29, 1.82) is 0 Å². The number of rotatable bonds is 7. The Morgan fingerprint density at radius 2 is 1.75 bits per heavy atom. The van der Waals surface area contributed by atoms with Crippen molar-refractivity contribution in [3.05, 3.63) is 101 Å². The van der Waals surface area contributed by atoms with E-state index in [1.54, 1.807) is 30.5 Å². The molecule has 1 aromatic heterocycles. The Kier molecular flexibility index (Phi) is 7.00. The maximum Gasteiger partial charge on any atom is 0.416 e. The fraction of sp³-hybridized carbons (Fsp3) is 0.0741. The molecule has 4 aromatic rings. The van der Waals surface area contributed by atoms with Crippen molar-refractivity contribution < 1.29 is 27.8 Å². The van der Waals surface area contributed by atoms with Gasteiger partial charge in [0.2, 0.25) is 5.95 Å². The van der Waals surface area contributed by atoms with Crippen LogP contribution in [0.4, 0.5) is 24.8 Å². The Labute approximate surface area is 204 Å². The maximum absolute atomic E-state index is 12.8. The van der Waals surface area contributed by atoms with Crippen LogP contribution in [0.25, 0.3) is 23.4 Å². The number of carbonyl (C=O) groups is 1. The van der Waals surface area contributed by atoms with Crippen molar-refractivity contribution in [2.75, 3.05) is 12.4 Å². The first-order valence-corrected chi connectivity index (χ1v) is 10.7. The molecule has 0 spiro atoms. The minimum absolute atomic E-state index is 0.0581. The van der Waals surface area contributed by atoms with Crippen molar-refractivity contribution in [3.63, 3.8) is 0 Å². The van der Waals surface area contributed by atoms with Crippen LogP contribution < -0.4 is 10.1 Å². The largest absolute Gasteiger partial charge is 0.496 e. The van der Waals surface area contributed by atoms with E-state index in [9.17, 15) is 23.1 Å². The van der Waals surface area contributed by atoms with Gasteiger partial charge in [-0.05, 0) is 53.6 Å². The molecule has 0 atom stereocenters. The predicted octanol–water partition coefficient (Wildman–Crippen LogP) is 6.78. The summed E-state index contributed by atoms with van der Waals surface area (Å²) in [5.74, 6) is -0.585. The highest BCUT2D eigenvalue weighted by Crippen LogP contribution is 2.31. The van der Waals surface area contributed by atoms with Gasteiger partial charge in [0.25, 0.3) is 0 Å². The number of aromatic carboxylic acids is 1. The Balaban J connectivity index is 1.59. The molecule has 0 amide bonds. The van der Waals surface area contributed by atoms with E-state index in [0.29, 0.717) is 16.9 Å². The Hall–Kier alpha value is -4.66. The first kappa shape index (κ1) is 24.5. The van der Waals surface area contributed by atoms with Crippen LogP contribution in [0.3, 0.4) is 0 Å². The van der Waals surface area contributed by atoms with Gasteiger partial charge in [-0.1, -0.05) is 42.5 Å². The monoisotopic (exact) mass is 491 g/mol. The van der Waals surface area contributed by atoms with Gasteiger partial charge in [-0.2, -0.15) is 13.2 Å². The van der Waals surface area contributed by atoms with Gasteiger partial charge in [-0.15, -0.1) is 0 Å². The Morgan fingerprint density at radius 1 is 1.00 bits per heavy atom. The second kappa shape index (κ2) is 10.3. The zero-order valence-electron chi connectivity index (χ0n) is 19.0. The number of nitrogens with one attached hydrogen (secondary N) is 1. The second-order valence-electron chi connectivity index (χ2n) is 7.65. The number of benzene rings is 3. The topological polar surface area (TPSA) is 84.3 Å². The summed E-state index contributed by atoms with van der Waals surface area (Å²) >= 11 is 0. The van der Waals surface area contributed by atoms with E-state index in [4.69, 9.17) is 4.74 Å². The number of alkyl halides is 3. The van der Waals surface area contributed by atoms with Gasteiger partial charge in [0.15, 0.2) is 0 Å². The molecule has 0 saturated carbocycles. The summed E-state index contributed by atoms with van der Waals surface area (Å²) < 4.78 is 43.5. The quantitative estimate of drug-likeness (QED) is 0.277. The van der Waals surface area contributed by atoms with E-state index in [1.807, 2.05) is 30.3 Å². The van der Waals surface area contributed by atoms with Gasteiger partial charge in [0, 0.05) is 17.4 Å². The molecule has 4 rings (SSSR count). The molecule has 9 heteroatoms. The first-order valence-electron chi connectivity index (χ1n) is 10.7. The molecule has 0 unspecified atom stereocenters. The van der Waals surface area contributed by atoms with Crippen molar-refractivity contribution in [3.8, 4) is 17.0 Å². The fourth-order valence-corrected chi connectivity index (χ4v) is 3.50. The Morgan fingerprint density at radius 3 is 2.44 bits per heavy atom. The van der Waals surface area contributed by atoms with Crippen molar-refractivity contribution in [1.82, 2.24) is 9.97 Å². The molecule has 1 heterocycles. The lowest BCUT2D eigenvalue weighted by Crippen LogP contribution is -2.05. The summed E-state index contributed by atoms with van der Waals surface area (Å²) in [6.45, 7) is 0. The molecule has 0 aliphatic heterocycles. The van der Waals surface area contributed by atoms with E-state index in [0.717, 1.165) is 23.3 Å². The molecule has 0 aliphatic carbocycles. The highest BCUT2D eigenvalue weighted by atomic mass is 19.4. The number of nitrogens with zero attached hydrogens (tertiary/aromatic N) is 2. The van der Waals surface area contributed by atoms with Crippen LogP contribution in [0.1, 0.15) is 27.0 Å². The van der Waals surface area contributed by atoms with Crippen LogP contribution in [-0.2, 0) is 6.18 Å². The number of carboxylic acid groups (broad SMARTS) is 1. The summed E-state index contributed by atoms with van der Waals surface area (Å²) in [5.41, 5.74) is 2.62. The molecular formula is C27H20F3N3O3. The van der Waals surface area contributed by atoms with Crippen LogP contribution in [-0.4, -0.2) is 28.2 Å². The Bertz CT molecular complexity index is 1420. The smallest absolute Gasteiger partial charge is 0.416 e. The normalized spacial score (nSPS) is 11.4. The molecule has 36 heavy (non-hydrogen) atoms. The summed E-state index contributed by atoms with van der Waals surface area (Å²) in [6.07, 6.45) is 0.770. The molecule has 0 saturated heterocycles. The second-order valence-corrected chi connectivity index (χ2v) is 7.65. The van der Waals surface area contributed by atoms with Crippen molar-refractivity contribution in [2.45, 2.75) is 6.18 Å². The van der Waals surface area contributed by atoms with Gasteiger partial charge in [0.05, 0.1) is 18.4 Å². The molecule has 2 N–H and O–H groups in total. The molecular weight excluding hydrogens is 471 g/mol. The van der Waals surface area contributed by atoms with E-state index in [2.05, 4.69) is 15.3 Å². The highest BCUT2D eigenvalue weighted by molar-refractivity contribution is 5.92. The predicted molar refractivity (Wildman–Crippen MR) is 131 cm³/mol. The lowest BCUT2D eigenvalue weighted by molar-refractivity contribution is -0.137. The van der Waals surface area contributed by atoms with Crippen LogP contribution in [0, 0.1) is 0 Å². The number of carboxylic acids is 1. The van der Waals surface area contributed by atoms with Gasteiger partial charge >= 0.3 is 12.1 Å². The summed E-state index contributed by atoms with van der Waals surface area (Å²) in [6, 6.07) is 18.7. The summed E-state index contributed by atoms with van der Waals surface area (Å²) in [5, 5.41) is 12.3. The van der Waals surface area contributed by atoms with E-state index in [-0.39, 0.29) is 17.3 Å². The standard InChI is InChI=1S/C27H20F3N3O3/c1-36-24-13-7-17(16-22(24)25(34)35)6-8-18-4-2-3-5-21(18)23-14-15-31-26(33-23)32-20-11-9-19(10-12-20)27(28,29)30/h2-16H,1H3,(H,34,35)(H,31,32,33)/b8-6+. The number of ether oxygens (including phenoxy) is 1. The van der Waals surface area contributed by atoms with Crippen LogP contribution in [0.15, 0.2) is 79.0 Å². The first-order chi connectivity index (χ1) is 17.2. The molecule has 0 bridgehead atoms. The van der Waals surface area contributed by atoms with Crippen molar-refractivity contribution >= 4 is 29.8 Å². The van der Waals surface area contributed by atoms with Crippen LogP contribution in [0.5, 0.6) is 5.75 Å². The lowest BCUT2D eigenvalue weighted by atomic mass is 10.0. The summed E-state index contributed by atoms with van der Waals surface area (Å²) in [7, 11) is 1.41. The number of hydrogen-bond donors (Lipinski definition) is 2. The number of hydrogen-bond acceptors (Lipinski definition) is 5. The zero-order valence-corrected chi connectivity index (χ0v) is 19.0. The average molecular weight is 491 g/mol. The zero-order chi connectivity index (χ0) is 25.7. The van der Waals surface area contributed by atoms with Gasteiger partial charge in [-0.25, -0.2) is 14.8 Å². The van der Waals surface area contributed by atoms with E-state index in [1.165, 1.54) is 25.3 Å². The number of aromatic nitrogens is 2. The summed E-state index contributed by atoms with van der Waals surface area (Å²) in [4.78, 5) is 20.2. The fourth-order valence-electron chi connectivity index (χ4n) is 3.50. The molecule has 0 fully saturated rings.